The Balaban J connectivity index is 1.80. The number of ether oxygens (including phenoxy) is 1. The molecule has 1 fully saturated rings. The molecule has 0 N–H and O–H groups in total. The monoisotopic (exact) mass is 494 g/mol. The summed E-state index contributed by atoms with van der Waals surface area (Å²) < 4.78 is 63.4. The predicted molar refractivity (Wildman–Crippen MR) is 124 cm³/mol. The fourth-order valence-corrected chi connectivity index (χ4v) is 6.49. The van der Waals surface area contributed by atoms with Crippen molar-refractivity contribution in [2.45, 2.75) is 67.4 Å². The van der Waals surface area contributed by atoms with Gasteiger partial charge in [-0.3, -0.25) is 0 Å². The second kappa shape index (κ2) is 8.25. The molecule has 0 saturated carbocycles. The highest BCUT2D eigenvalue weighted by Gasteiger charge is 2.29. The number of hydrogen-bond acceptors (Lipinski definition) is 7. The van der Waals surface area contributed by atoms with Gasteiger partial charge in [-0.05, 0) is 43.9 Å². The lowest BCUT2D eigenvalue weighted by Crippen LogP contribution is -2.25. The average molecular weight is 495 g/mol. The number of furan rings is 1. The molecule has 0 spiro atoms. The predicted octanol–water partition coefficient (Wildman–Crippen LogP) is 3.90. The molecule has 1 saturated heterocycles. The molecule has 180 valence electrons. The Morgan fingerprint density at radius 1 is 1.09 bits per heavy atom. The smallest absolute Gasteiger partial charge is 0.239 e. The highest BCUT2D eigenvalue weighted by atomic mass is 32.2. The number of benzene rings is 1. The number of hydrogen-bond donors (Lipinski definition) is 0. The van der Waals surface area contributed by atoms with Gasteiger partial charge in [0.2, 0.25) is 14.9 Å². The van der Waals surface area contributed by atoms with Crippen LogP contribution in [-0.2, 0) is 36.4 Å². The highest BCUT2D eigenvalue weighted by Crippen LogP contribution is 2.33. The summed E-state index contributed by atoms with van der Waals surface area (Å²) in [7, 11) is -7.66. The molecule has 2 aromatic heterocycles. The molecule has 0 atom stereocenters. The highest BCUT2D eigenvalue weighted by molar-refractivity contribution is 7.92. The van der Waals surface area contributed by atoms with Crippen LogP contribution in [0.2, 0.25) is 0 Å². The van der Waals surface area contributed by atoms with Crippen molar-refractivity contribution in [1.82, 2.24) is 9.55 Å². The van der Waals surface area contributed by atoms with Crippen molar-refractivity contribution in [2.24, 2.45) is 5.92 Å². The van der Waals surface area contributed by atoms with Gasteiger partial charge >= 0.3 is 0 Å². The molecule has 0 aliphatic carbocycles. The molecule has 3 heterocycles. The molecule has 0 amide bonds. The first-order chi connectivity index (χ1) is 15.3. The van der Waals surface area contributed by atoms with E-state index in [1.54, 1.807) is 12.1 Å². The van der Waals surface area contributed by atoms with Crippen molar-refractivity contribution in [3.8, 4) is 0 Å². The maximum absolute atomic E-state index is 13.2. The third kappa shape index (κ3) is 4.61. The molecule has 33 heavy (non-hydrogen) atoms. The van der Waals surface area contributed by atoms with Gasteiger partial charge in [0, 0.05) is 37.5 Å². The molecule has 0 radical (unpaired) electrons. The minimum absolute atomic E-state index is 0.0139. The number of imidazole rings is 1. The van der Waals surface area contributed by atoms with E-state index in [-0.39, 0.29) is 21.0 Å². The van der Waals surface area contributed by atoms with Crippen molar-refractivity contribution in [1.29, 1.82) is 0 Å². The minimum Gasteiger partial charge on any atom is -0.448 e. The lowest BCUT2D eigenvalue weighted by atomic mass is 9.94. The second-order valence-electron chi connectivity index (χ2n) is 9.76. The summed E-state index contributed by atoms with van der Waals surface area (Å²) in [5.74, 6) is 1.42. The van der Waals surface area contributed by atoms with Gasteiger partial charge in [-0.15, -0.1) is 0 Å². The summed E-state index contributed by atoms with van der Waals surface area (Å²) in [5, 5.41) is -0.391. The van der Waals surface area contributed by atoms with E-state index in [1.165, 1.54) is 13.0 Å². The number of sulfone groups is 2. The second-order valence-corrected chi connectivity index (χ2v) is 13.6. The van der Waals surface area contributed by atoms with E-state index >= 15 is 0 Å². The number of aryl methyl sites for hydroxylation is 1. The van der Waals surface area contributed by atoms with Gasteiger partial charge in [-0.1, -0.05) is 20.8 Å². The van der Waals surface area contributed by atoms with E-state index in [0.717, 1.165) is 56.3 Å². The van der Waals surface area contributed by atoms with Crippen LogP contribution in [0.25, 0.3) is 11.0 Å². The number of nitrogens with zero attached hydrogens (tertiary/aromatic N) is 2. The third-order valence-electron chi connectivity index (χ3n) is 6.00. The molecule has 8 nitrogen and oxygen atoms in total. The van der Waals surface area contributed by atoms with E-state index in [4.69, 9.17) is 14.1 Å². The molecule has 1 aliphatic rings. The lowest BCUT2D eigenvalue weighted by Gasteiger charge is -2.26. The van der Waals surface area contributed by atoms with Crippen molar-refractivity contribution >= 4 is 30.7 Å². The Bertz CT molecular complexity index is 1400. The molecule has 0 unspecified atom stereocenters. The first-order valence-corrected chi connectivity index (χ1v) is 14.3. The quantitative estimate of drug-likeness (QED) is 0.529. The van der Waals surface area contributed by atoms with Crippen LogP contribution in [0.3, 0.4) is 0 Å². The normalized spacial score (nSPS) is 16.5. The Kier molecular flexibility index (Phi) is 5.99. The Hall–Kier alpha value is -2.17. The van der Waals surface area contributed by atoms with E-state index in [9.17, 15) is 16.8 Å². The molecule has 4 rings (SSSR count). The Labute approximate surface area is 194 Å². The number of aromatic nitrogens is 2. The van der Waals surface area contributed by atoms with Gasteiger partial charge in [-0.25, -0.2) is 21.8 Å². The molecular formula is C23H30N2O6S2. The molecular weight excluding hydrogens is 464 g/mol. The zero-order valence-electron chi connectivity index (χ0n) is 19.6. The molecule has 1 aliphatic heterocycles. The molecule has 1 aromatic carbocycles. The van der Waals surface area contributed by atoms with Gasteiger partial charge in [0.05, 0.1) is 15.9 Å². The van der Waals surface area contributed by atoms with E-state index in [0.29, 0.717) is 11.4 Å². The lowest BCUT2D eigenvalue weighted by molar-refractivity contribution is 0.0611. The Morgan fingerprint density at radius 2 is 1.76 bits per heavy atom. The van der Waals surface area contributed by atoms with E-state index in [1.807, 2.05) is 0 Å². The Morgan fingerprint density at radius 3 is 2.33 bits per heavy atom. The van der Waals surface area contributed by atoms with Crippen LogP contribution in [0, 0.1) is 12.8 Å². The van der Waals surface area contributed by atoms with Crippen molar-refractivity contribution in [3.63, 3.8) is 0 Å². The van der Waals surface area contributed by atoms with Crippen LogP contribution in [0.15, 0.2) is 43.6 Å². The summed E-state index contributed by atoms with van der Waals surface area (Å²) in [6.07, 6.45) is 2.99. The molecule has 0 bridgehead atoms. The van der Waals surface area contributed by atoms with E-state index < -0.39 is 24.8 Å². The zero-order valence-corrected chi connectivity index (χ0v) is 21.2. The first kappa shape index (κ1) is 24.0. The maximum atomic E-state index is 13.2. The molecule has 10 heteroatoms. The standard InChI is InChI=1S/C23H30N2O6S2/c1-15-20(32(5,26)27)13-21(31-15)33(28,29)17-6-7-19-18(12-17)24-22(23(2,3)4)25(19)14-16-8-10-30-11-9-16/h6-7,12-13,16H,8-11,14H2,1-5H3. The van der Waals surface area contributed by atoms with Crippen molar-refractivity contribution < 1.29 is 26.0 Å². The van der Waals surface area contributed by atoms with Gasteiger partial charge in [0.1, 0.15) is 16.5 Å². The van der Waals surface area contributed by atoms with Gasteiger partial charge in [-0.2, -0.15) is 0 Å². The minimum atomic E-state index is -4.06. The van der Waals surface area contributed by atoms with E-state index in [2.05, 4.69) is 25.3 Å². The molecule has 3 aromatic rings. The topological polar surface area (TPSA) is 108 Å². The largest absolute Gasteiger partial charge is 0.448 e. The van der Waals surface area contributed by atoms with Crippen LogP contribution in [-0.4, -0.2) is 45.9 Å². The fourth-order valence-electron chi connectivity index (χ4n) is 4.28. The third-order valence-corrected chi connectivity index (χ3v) is 8.81. The van der Waals surface area contributed by atoms with Crippen LogP contribution >= 0.6 is 0 Å². The summed E-state index contributed by atoms with van der Waals surface area (Å²) in [6, 6.07) is 5.92. The fraction of sp³-hybridized carbons (Fsp3) is 0.522. The van der Waals surface area contributed by atoms with Crippen molar-refractivity contribution in [2.75, 3.05) is 19.5 Å². The maximum Gasteiger partial charge on any atom is 0.239 e. The SMILES string of the molecule is Cc1oc(S(=O)(=O)c2ccc3c(c2)nc(C(C)(C)C)n3CC2CCOCC2)cc1S(C)(=O)=O. The first-order valence-electron chi connectivity index (χ1n) is 10.9. The summed E-state index contributed by atoms with van der Waals surface area (Å²) in [6.45, 7) is 10.0. The van der Waals surface area contributed by atoms with Gasteiger partial charge < -0.3 is 13.7 Å². The summed E-state index contributed by atoms with van der Waals surface area (Å²) in [5.41, 5.74) is 1.23. The number of rotatable bonds is 5. The number of fused-ring (bicyclic) bond motifs is 1. The van der Waals surface area contributed by atoms with Crippen molar-refractivity contribution in [3.05, 3.63) is 35.9 Å². The average Bonchev–Trinajstić information content (AvgIpc) is 3.29. The zero-order chi connectivity index (χ0) is 24.2. The van der Waals surface area contributed by atoms with Crippen LogP contribution < -0.4 is 0 Å². The van der Waals surface area contributed by atoms with Crippen LogP contribution in [0.4, 0.5) is 0 Å². The van der Waals surface area contributed by atoms with Gasteiger partial charge in [0.25, 0.3) is 0 Å². The summed E-state index contributed by atoms with van der Waals surface area (Å²) >= 11 is 0. The van der Waals surface area contributed by atoms with Crippen LogP contribution in [0.1, 0.15) is 45.2 Å². The van der Waals surface area contributed by atoms with Crippen LogP contribution in [0.5, 0.6) is 0 Å². The van der Waals surface area contributed by atoms with Gasteiger partial charge in [0.15, 0.2) is 9.84 Å². The summed E-state index contributed by atoms with van der Waals surface area (Å²) in [4.78, 5) is 4.71.